The minimum absolute atomic E-state index is 0.561. The Balaban J connectivity index is 2.24. The minimum Gasteiger partial charge on any atom is -0.481 e. The molecule has 1 aliphatic carbocycles. The Bertz CT molecular complexity index is 226. The molecule has 0 bridgehead atoms. The Kier molecular flexibility index (Phi) is 4.14. The van der Waals surface area contributed by atoms with Gasteiger partial charge in [0, 0.05) is 6.54 Å². The zero-order valence-corrected chi connectivity index (χ0v) is 10.0. The second-order valence-corrected chi connectivity index (χ2v) is 5.49. The van der Waals surface area contributed by atoms with Crippen LogP contribution in [0.1, 0.15) is 40.0 Å². The van der Waals surface area contributed by atoms with Crippen LogP contribution in [-0.4, -0.2) is 24.2 Å². The van der Waals surface area contributed by atoms with Crippen molar-refractivity contribution in [1.82, 2.24) is 5.32 Å². The Morgan fingerprint density at radius 1 is 1.47 bits per heavy atom. The van der Waals surface area contributed by atoms with Gasteiger partial charge in [-0.2, -0.15) is 0 Å². The molecule has 0 aliphatic heterocycles. The molecule has 1 aliphatic rings. The molecule has 0 heterocycles. The van der Waals surface area contributed by atoms with Crippen molar-refractivity contribution in [1.29, 1.82) is 0 Å². The SMILES string of the molecule is CC1CCCC1CNCC(C)(C)C(=O)O. The van der Waals surface area contributed by atoms with E-state index in [2.05, 4.69) is 12.2 Å². The number of hydrogen-bond acceptors (Lipinski definition) is 2. The van der Waals surface area contributed by atoms with Gasteiger partial charge in [-0.05, 0) is 38.6 Å². The van der Waals surface area contributed by atoms with Gasteiger partial charge in [-0.1, -0.05) is 19.8 Å². The number of carboxylic acid groups (broad SMARTS) is 1. The molecule has 0 aromatic heterocycles. The summed E-state index contributed by atoms with van der Waals surface area (Å²) in [6.07, 6.45) is 3.95. The molecule has 1 fully saturated rings. The number of carbonyl (C=O) groups is 1. The normalized spacial score (nSPS) is 26.9. The third kappa shape index (κ3) is 3.49. The Morgan fingerprint density at radius 3 is 2.60 bits per heavy atom. The van der Waals surface area contributed by atoms with E-state index >= 15 is 0 Å². The van der Waals surface area contributed by atoms with Crippen molar-refractivity contribution in [3.63, 3.8) is 0 Å². The predicted molar refractivity (Wildman–Crippen MR) is 60.8 cm³/mol. The topological polar surface area (TPSA) is 49.3 Å². The van der Waals surface area contributed by atoms with Gasteiger partial charge in [0.15, 0.2) is 0 Å². The summed E-state index contributed by atoms with van der Waals surface area (Å²) in [4.78, 5) is 10.9. The van der Waals surface area contributed by atoms with E-state index in [-0.39, 0.29) is 0 Å². The number of rotatable bonds is 5. The van der Waals surface area contributed by atoms with Crippen LogP contribution < -0.4 is 5.32 Å². The molecular weight excluding hydrogens is 190 g/mol. The van der Waals surface area contributed by atoms with Gasteiger partial charge in [0.05, 0.1) is 5.41 Å². The average molecular weight is 213 g/mol. The first-order valence-electron chi connectivity index (χ1n) is 5.87. The van der Waals surface area contributed by atoms with Crippen LogP contribution in [-0.2, 0) is 4.79 Å². The van der Waals surface area contributed by atoms with Gasteiger partial charge in [0.2, 0.25) is 0 Å². The molecule has 2 N–H and O–H groups in total. The van der Waals surface area contributed by atoms with Crippen molar-refractivity contribution in [2.24, 2.45) is 17.3 Å². The highest BCUT2D eigenvalue weighted by Gasteiger charge is 2.28. The molecule has 0 aromatic rings. The van der Waals surface area contributed by atoms with Gasteiger partial charge >= 0.3 is 5.97 Å². The van der Waals surface area contributed by atoms with E-state index in [1.807, 2.05) is 0 Å². The quantitative estimate of drug-likeness (QED) is 0.735. The highest BCUT2D eigenvalue weighted by Crippen LogP contribution is 2.30. The highest BCUT2D eigenvalue weighted by molar-refractivity contribution is 5.73. The zero-order chi connectivity index (χ0) is 11.5. The van der Waals surface area contributed by atoms with E-state index in [0.29, 0.717) is 6.54 Å². The van der Waals surface area contributed by atoms with Gasteiger partial charge in [0.1, 0.15) is 0 Å². The summed E-state index contributed by atoms with van der Waals surface area (Å²) in [7, 11) is 0. The molecule has 3 nitrogen and oxygen atoms in total. The summed E-state index contributed by atoms with van der Waals surface area (Å²) in [5.41, 5.74) is -0.651. The monoisotopic (exact) mass is 213 g/mol. The molecule has 0 spiro atoms. The maximum absolute atomic E-state index is 10.9. The minimum atomic E-state index is -0.727. The molecule has 1 saturated carbocycles. The van der Waals surface area contributed by atoms with E-state index < -0.39 is 11.4 Å². The van der Waals surface area contributed by atoms with E-state index in [1.165, 1.54) is 19.3 Å². The van der Waals surface area contributed by atoms with Gasteiger partial charge in [0.25, 0.3) is 0 Å². The van der Waals surface area contributed by atoms with Crippen LogP contribution in [0.4, 0.5) is 0 Å². The van der Waals surface area contributed by atoms with Crippen molar-refractivity contribution >= 4 is 5.97 Å². The Labute approximate surface area is 92.3 Å². The average Bonchev–Trinajstić information content (AvgIpc) is 2.51. The van der Waals surface area contributed by atoms with Gasteiger partial charge in [-0.25, -0.2) is 0 Å². The molecule has 3 heteroatoms. The number of carboxylic acids is 1. The second-order valence-electron chi connectivity index (χ2n) is 5.49. The Hall–Kier alpha value is -0.570. The summed E-state index contributed by atoms with van der Waals surface area (Å²) in [5.74, 6) is 0.814. The molecule has 0 aromatic carbocycles. The third-order valence-electron chi connectivity index (χ3n) is 3.59. The lowest BCUT2D eigenvalue weighted by atomic mass is 9.93. The van der Waals surface area contributed by atoms with Gasteiger partial charge in [-0.15, -0.1) is 0 Å². The fraction of sp³-hybridized carbons (Fsp3) is 0.917. The first kappa shape index (κ1) is 12.5. The maximum Gasteiger partial charge on any atom is 0.310 e. The molecule has 0 saturated heterocycles. The van der Waals surface area contributed by atoms with E-state index in [1.54, 1.807) is 13.8 Å². The second kappa shape index (κ2) is 4.97. The molecule has 0 radical (unpaired) electrons. The largest absolute Gasteiger partial charge is 0.481 e. The first-order valence-corrected chi connectivity index (χ1v) is 5.87. The van der Waals surface area contributed by atoms with Crippen LogP contribution in [0.25, 0.3) is 0 Å². The lowest BCUT2D eigenvalue weighted by Crippen LogP contribution is -2.38. The van der Waals surface area contributed by atoms with Crippen LogP contribution in [0.5, 0.6) is 0 Å². The number of hydrogen-bond donors (Lipinski definition) is 2. The van der Waals surface area contributed by atoms with E-state index in [0.717, 1.165) is 18.4 Å². The van der Waals surface area contributed by atoms with Crippen LogP contribution in [0, 0.1) is 17.3 Å². The fourth-order valence-corrected chi connectivity index (χ4v) is 2.17. The van der Waals surface area contributed by atoms with Gasteiger partial charge in [-0.3, -0.25) is 4.79 Å². The van der Waals surface area contributed by atoms with Crippen LogP contribution in [0.15, 0.2) is 0 Å². The lowest BCUT2D eigenvalue weighted by Gasteiger charge is -2.22. The predicted octanol–water partition coefficient (Wildman–Crippen LogP) is 2.12. The molecular formula is C12H23NO2. The van der Waals surface area contributed by atoms with E-state index in [4.69, 9.17) is 5.11 Å². The van der Waals surface area contributed by atoms with Crippen LogP contribution >= 0.6 is 0 Å². The van der Waals surface area contributed by atoms with Crippen molar-refractivity contribution in [3.8, 4) is 0 Å². The van der Waals surface area contributed by atoms with Crippen LogP contribution in [0.2, 0.25) is 0 Å². The van der Waals surface area contributed by atoms with Crippen molar-refractivity contribution in [2.45, 2.75) is 40.0 Å². The van der Waals surface area contributed by atoms with Crippen LogP contribution in [0.3, 0.4) is 0 Å². The fourth-order valence-electron chi connectivity index (χ4n) is 2.17. The summed E-state index contributed by atoms with van der Waals surface area (Å²) in [6, 6.07) is 0. The van der Waals surface area contributed by atoms with Crippen molar-refractivity contribution in [3.05, 3.63) is 0 Å². The highest BCUT2D eigenvalue weighted by atomic mass is 16.4. The number of aliphatic carboxylic acids is 1. The van der Waals surface area contributed by atoms with E-state index in [9.17, 15) is 4.79 Å². The maximum atomic E-state index is 10.9. The molecule has 2 atom stereocenters. The lowest BCUT2D eigenvalue weighted by molar-refractivity contribution is -0.146. The Morgan fingerprint density at radius 2 is 2.13 bits per heavy atom. The molecule has 1 rings (SSSR count). The summed E-state index contributed by atoms with van der Waals surface area (Å²) >= 11 is 0. The molecule has 2 unspecified atom stereocenters. The number of nitrogens with one attached hydrogen (secondary N) is 1. The smallest absolute Gasteiger partial charge is 0.310 e. The third-order valence-corrected chi connectivity index (χ3v) is 3.59. The van der Waals surface area contributed by atoms with Gasteiger partial charge < -0.3 is 10.4 Å². The standard InChI is InChI=1S/C12H23NO2/c1-9-5-4-6-10(9)7-13-8-12(2,3)11(14)15/h9-10,13H,4-8H2,1-3H3,(H,14,15). The molecule has 88 valence electrons. The summed E-state index contributed by atoms with van der Waals surface area (Å²) in [6.45, 7) is 7.35. The van der Waals surface area contributed by atoms with Crippen molar-refractivity contribution in [2.75, 3.05) is 13.1 Å². The molecule has 15 heavy (non-hydrogen) atoms. The summed E-state index contributed by atoms with van der Waals surface area (Å²) in [5, 5.41) is 12.2. The van der Waals surface area contributed by atoms with Crippen molar-refractivity contribution < 1.29 is 9.90 Å². The zero-order valence-electron chi connectivity index (χ0n) is 10.0. The first-order chi connectivity index (χ1) is 6.93. The molecule has 0 amide bonds. The summed E-state index contributed by atoms with van der Waals surface area (Å²) < 4.78 is 0.